The van der Waals surface area contributed by atoms with E-state index in [9.17, 15) is 0 Å². The van der Waals surface area contributed by atoms with Gasteiger partial charge in [-0.1, -0.05) is 13.3 Å². The zero-order valence-electron chi connectivity index (χ0n) is 10.6. The Morgan fingerprint density at radius 1 is 1.06 bits per heavy atom. The maximum absolute atomic E-state index is 3.77. The molecule has 0 aromatic rings. The molecular weight excluding hydrogens is 196 g/mol. The monoisotopic (exact) mass is 222 g/mol. The van der Waals surface area contributed by atoms with E-state index in [1.807, 2.05) is 0 Å². The summed E-state index contributed by atoms with van der Waals surface area (Å²) in [6, 6.07) is 1.70. The molecule has 0 aromatic heterocycles. The molecule has 0 spiro atoms. The predicted molar refractivity (Wildman–Crippen MR) is 67.5 cm³/mol. The lowest BCUT2D eigenvalue weighted by atomic mass is 10.1. The van der Waals surface area contributed by atoms with Gasteiger partial charge in [-0.2, -0.15) is 0 Å². The number of hydrogen-bond acceptors (Lipinski definition) is 2. The van der Waals surface area contributed by atoms with Gasteiger partial charge in [-0.15, -0.1) is 0 Å². The van der Waals surface area contributed by atoms with Crippen LogP contribution in [0.3, 0.4) is 0 Å². The minimum absolute atomic E-state index is 0.811. The lowest BCUT2D eigenvalue weighted by molar-refractivity contribution is 0.270. The fraction of sp³-hybridized carbons (Fsp3) is 1.00. The molecule has 3 aliphatic rings. The molecule has 2 heteroatoms. The van der Waals surface area contributed by atoms with Crippen molar-refractivity contribution in [3.63, 3.8) is 0 Å². The second-order valence-corrected chi connectivity index (χ2v) is 6.47. The maximum Gasteiger partial charge on any atom is 0.0209 e. The third-order valence-electron chi connectivity index (χ3n) is 4.64. The molecule has 3 rings (SSSR count). The summed E-state index contributed by atoms with van der Waals surface area (Å²) >= 11 is 0. The van der Waals surface area contributed by atoms with E-state index in [0.717, 1.165) is 23.9 Å². The molecule has 0 radical (unpaired) electrons. The van der Waals surface area contributed by atoms with Crippen LogP contribution in [0.1, 0.15) is 45.4 Å². The van der Waals surface area contributed by atoms with Crippen molar-refractivity contribution in [2.75, 3.05) is 19.6 Å². The first kappa shape index (κ1) is 11.0. The summed E-state index contributed by atoms with van der Waals surface area (Å²) < 4.78 is 0. The summed E-state index contributed by atoms with van der Waals surface area (Å²) in [6.07, 6.45) is 8.68. The average molecular weight is 222 g/mol. The van der Waals surface area contributed by atoms with Gasteiger partial charge in [-0.3, -0.25) is 0 Å². The zero-order valence-corrected chi connectivity index (χ0v) is 10.6. The number of nitrogens with zero attached hydrogens (tertiary/aromatic N) is 1. The van der Waals surface area contributed by atoms with Crippen molar-refractivity contribution in [3.8, 4) is 0 Å². The van der Waals surface area contributed by atoms with Crippen LogP contribution in [-0.4, -0.2) is 36.6 Å². The van der Waals surface area contributed by atoms with Crippen molar-refractivity contribution in [1.29, 1.82) is 0 Å². The molecule has 2 aliphatic carbocycles. The van der Waals surface area contributed by atoms with Crippen molar-refractivity contribution < 1.29 is 0 Å². The fourth-order valence-corrected chi connectivity index (χ4v) is 3.57. The highest BCUT2D eigenvalue weighted by Gasteiger charge is 2.31. The van der Waals surface area contributed by atoms with Gasteiger partial charge in [0.2, 0.25) is 0 Å². The van der Waals surface area contributed by atoms with Gasteiger partial charge in [0.1, 0.15) is 0 Å². The molecule has 1 heterocycles. The third kappa shape index (κ3) is 2.78. The summed E-state index contributed by atoms with van der Waals surface area (Å²) in [6.45, 7) is 6.46. The van der Waals surface area contributed by atoms with E-state index in [1.165, 1.54) is 58.2 Å². The molecule has 0 aromatic carbocycles. The van der Waals surface area contributed by atoms with E-state index in [2.05, 4.69) is 17.1 Å². The Hall–Kier alpha value is -0.0800. The van der Waals surface area contributed by atoms with Crippen LogP contribution in [0.2, 0.25) is 0 Å². The third-order valence-corrected chi connectivity index (χ3v) is 4.64. The lowest BCUT2D eigenvalue weighted by Gasteiger charge is -2.20. The van der Waals surface area contributed by atoms with Gasteiger partial charge in [0.15, 0.2) is 0 Å². The Balaban J connectivity index is 1.39. The molecule has 3 unspecified atom stereocenters. The van der Waals surface area contributed by atoms with E-state index < -0.39 is 0 Å². The Morgan fingerprint density at radius 2 is 1.94 bits per heavy atom. The van der Waals surface area contributed by atoms with Crippen LogP contribution in [0, 0.1) is 11.8 Å². The van der Waals surface area contributed by atoms with Gasteiger partial charge in [0, 0.05) is 25.2 Å². The molecule has 1 saturated heterocycles. The minimum atomic E-state index is 0.811. The van der Waals surface area contributed by atoms with Crippen LogP contribution in [0.4, 0.5) is 0 Å². The van der Waals surface area contributed by atoms with Gasteiger partial charge in [0.05, 0.1) is 0 Å². The van der Waals surface area contributed by atoms with Gasteiger partial charge >= 0.3 is 0 Å². The summed E-state index contributed by atoms with van der Waals surface area (Å²) in [5, 5.41) is 3.77. The summed E-state index contributed by atoms with van der Waals surface area (Å²) in [4.78, 5) is 2.71. The fourth-order valence-electron chi connectivity index (χ4n) is 3.57. The number of hydrogen-bond donors (Lipinski definition) is 1. The van der Waals surface area contributed by atoms with Crippen molar-refractivity contribution in [2.24, 2.45) is 11.8 Å². The van der Waals surface area contributed by atoms with Crippen molar-refractivity contribution in [3.05, 3.63) is 0 Å². The highest BCUT2D eigenvalue weighted by Crippen LogP contribution is 2.31. The molecule has 3 fully saturated rings. The normalized spacial score (nSPS) is 40.7. The Labute approximate surface area is 99.8 Å². The molecular formula is C14H26N2. The molecule has 1 aliphatic heterocycles. The van der Waals surface area contributed by atoms with Crippen molar-refractivity contribution in [2.45, 2.75) is 57.5 Å². The summed E-state index contributed by atoms with van der Waals surface area (Å²) in [5.74, 6) is 2.00. The maximum atomic E-state index is 3.77. The number of likely N-dealkylation sites (tertiary alicyclic amines) is 1. The van der Waals surface area contributed by atoms with E-state index in [4.69, 9.17) is 0 Å². The molecule has 2 nitrogen and oxygen atoms in total. The standard InChI is InChI=1S/C14H26N2/c1-11-2-3-12(8-11)9-16-7-6-14(10-16)15-13-4-5-13/h11-15H,2-10H2,1H3. The molecule has 1 N–H and O–H groups in total. The number of nitrogens with one attached hydrogen (secondary N) is 1. The van der Waals surface area contributed by atoms with Gasteiger partial charge in [-0.05, 0) is 50.5 Å². The molecule has 92 valence electrons. The first-order valence-corrected chi connectivity index (χ1v) is 7.28. The number of rotatable bonds is 4. The highest BCUT2D eigenvalue weighted by molar-refractivity contribution is 4.90. The van der Waals surface area contributed by atoms with E-state index in [1.54, 1.807) is 0 Å². The van der Waals surface area contributed by atoms with Crippen LogP contribution in [0.25, 0.3) is 0 Å². The van der Waals surface area contributed by atoms with Gasteiger partial charge in [-0.25, -0.2) is 0 Å². The first-order valence-electron chi connectivity index (χ1n) is 7.28. The molecule has 0 amide bonds. The Bertz CT molecular complexity index is 237. The molecule has 0 bridgehead atoms. The van der Waals surface area contributed by atoms with Crippen LogP contribution < -0.4 is 5.32 Å². The first-order chi connectivity index (χ1) is 7.79. The molecule has 3 atom stereocenters. The van der Waals surface area contributed by atoms with Crippen molar-refractivity contribution in [1.82, 2.24) is 10.2 Å². The van der Waals surface area contributed by atoms with Crippen LogP contribution in [0.5, 0.6) is 0 Å². The van der Waals surface area contributed by atoms with Crippen LogP contribution >= 0.6 is 0 Å². The Morgan fingerprint density at radius 3 is 2.62 bits per heavy atom. The molecule has 16 heavy (non-hydrogen) atoms. The van der Waals surface area contributed by atoms with E-state index in [-0.39, 0.29) is 0 Å². The average Bonchev–Trinajstić information content (AvgIpc) is 2.80. The van der Waals surface area contributed by atoms with Gasteiger partial charge < -0.3 is 10.2 Å². The topological polar surface area (TPSA) is 15.3 Å². The highest BCUT2D eigenvalue weighted by atomic mass is 15.2. The predicted octanol–water partition coefficient (Wildman–Crippen LogP) is 2.25. The van der Waals surface area contributed by atoms with Crippen molar-refractivity contribution >= 4 is 0 Å². The SMILES string of the molecule is CC1CCC(CN2CCC(NC3CC3)C2)C1. The zero-order chi connectivity index (χ0) is 11.0. The summed E-state index contributed by atoms with van der Waals surface area (Å²) in [7, 11) is 0. The quantitative estimate of drug-likeness (QED) is 0.785. The lowest BCUT2D eigenvalue weighted by Crippen LogP contribution is -2.35. The Kier molecular flexibility index (Phi) is 3.21. The van der Waals surface area contributed by atoms with Crippen LogP contribution in [-0.2, 0) is 0 Å². The van der Waals surface area contributed by atoms with Gasteiger partial charge in [0.25, 0.3) is 0 Å². The van der Waals surface area contributed by atoms with Crippen LogP contribution in [0.15, 0.2) is 0 Å². The smallest absolute Gasteiger partial charge is 0.0209 e. The molecule has 2 saturated carbocycles. The second-order valence-electron chi connectivity index (χ2n) is 6.47. The minimum Gasteiger partial charge on any atom is -0.310 e. The van der Waals surface area contributed by atoms with E-state index >= 15 is 0 Å². The largest absolute Gasteiger partial charge is 0.310 e. The summed E-state index contributed by atoms with van der Waals surface area (Å²) in [5.41, 5.74) is 0. The second kappa shape index (κ2) is 4.66. The van der Waals surface area contributed by atoms with E-state index in [0.29, 0.717) is 0 Å².